The molecule has 0 spiro atoms. The van der Waals surface area contributed by atoms with Crippen molar-refractivity contribution in [3.63, 3.8) is 0 Å². The summed E-state index contributed by atoms with van der Waals surface area (Å²) in [6, 6.07) is 10.6. The maximum Gasteiger partial charge on any atom is 0.335 e. The third-order valence-corrected chi connectivity index (χ3v) is 3.12. The minimum atomic E-state index is -1.03. The molecule has 0 aliphatic heterocycles. The molecule has 0 atom stereocenters. The number of hydrogen-bond donors (Lipinski definition) is 1. The lowest BCUT2D eigenvalue weighted by Gasteiger charge is -2.10. The number of hydrogen-bond acceptors (Lipinski definition) is 3. The molecule has 0 aliphatic rings. The largest absolute Gasteiger partial charge is 0.493 e. The highest BCUT2D eigenvalue weighted by atomic mass is 35.5. The van der Waals surface area contributed by atoms with Crippen LogP contribution in [-0.2, 0) is 0 Å². The number of carbonyl (C=O) groups is 2. The van der Waals surface area contributed by atoms with Crippen molar-refractivity contribution in [3.05, 3.63) is 64.2 Å². The molecule has 0 aliphatic carbocycles. The summed E-state index contributed by atoms with van der Waals surface area (Å²) >= 11 is 5.90. The minimum absolute atomic E-state index is 0.132. The second kappa shape index (κ2) is 6.41. The molecular formula is C16H13ClO4. The second-order valence-corrected chi connectivity index (χ2v) is 4.72. The van der Waals surface area contributed by atoms with Crippen LogP contribution in [0.5, 0.6) is 5.75 Å². The fourth-order valence-corrected chi connectivity index (χ4v) is 2.04. The monoisotopic (exact) mass is 304 g/mol. The predicted molar refractivity (Wildman–Crippen MR) is 79.5 cm³/mol. The Morgan fingerprint density at radius 1 is 1.10 bits per heavy atom. The van der Waals surface area contributed by atoms with Gasteiger partial charge < -0.3 is 9.84 Å². The zero-order valence-electron chi connectivity index (χ0n) is 11.3. The van der Waals surface area contributed by atoms with Crippen LogP contribution in [0.15, 0.2) is 42.5 Å². The third kappa shape index (κ3) is 3.41. The normalized spacial score (nSPS) is 10.2. The molecule has 0 saturated carbocycles. The molecule has 0 amide bonds. The summed E-state index contributed by atoms with van der Waals surface area (Å²) in [6.07, 6.45) is 0. The number of rotatable bonds is 5. The molecule has 2 aromatic rings. The summed E-state index contributed by atoms with van der Waals surface area (Å²) in [5.74, 6) is -0.861. The minimum Gasteiger partial charge on any atom is -0.493 e. The number of carboxylic acids is 1. The number of ether oxygens (including phenoxy) is 1. The molecule has 0 unspecified atom stereocenters. The average molecular weight is 305 g/mol. The Morgan fingerprint density at radius 2 is 1.71 bits per heavy atom. The summed E-state index contributed by atoms with van der Waals surface area (Å²) < 4.78 is 5.42. The number of benzene rings is 2. The van der Waals surface area contributed by atoms with Crippen molar-refractivity contribution in [1.29, 1.82) is 0 Å². The SMILES string of the molecule is CCOc1cc(Cl)ccc1C(=O)c1ccc(C(=O)O)cc1. The van der Waals surface area contributed by atoms with Crippen molar-refractivity contribution in [3.8, 4) is 5.75 Å². The Morgan fingerprint density at radius 3 is 2.29 bits per heavy atom. The maximum atomic E-state index is 12.5. The van der Waals surface area contributed by atoms with Gasteiger partial charge in [0.2, 0.25) is 0 Å². The zero-order valence-corrected chi connectivity index (χ0v) is 12.1. The molecule has 1 N–H and O–H groups in total. The van der Waals surface area contributed by atoms with Crippen molar-refractivity contribution >= 4 is 23.4 Å². The summed E-state index contributed by atoms with van der Waals surface area (Å²) in [5.41, 5.74) is 0.917. The fraction of sp³-hybridized carbons (Fsp3) is 0.125. The Labute approximate surface area is 126 Å². The van der Waals surface area contributed by atoms with E-state index in [-0.39, 0.29) is 11.3 Å². The van der Waals surface area contributed by atoms with Crippen molar-refractivity contribution in [2.75, 3.05) is 6.61 Å². The lowest BCUT2D eigenvalue weighted by Crippen LogP contribution is -2.06. The Bertz CT molecular complexity index is 677. The van der Waals surface area contributed by atoms with Gasteiger partial charge in [0, 0.05) is 10.6 Å². The van der Waals surface area contributed by atoms with Gasteiger partial charge in [-0.15, -0.1) is 0 Å². The van der Waals surface area contributed by atoms with Crippen LogP contribution >= 0.6 is 11.6 Å². The third-order valence-electron chi connectivity index (χ3n) is 2.88. The molecule has 0 aromatic heterocycles. The summed E-state index contributed by atoms with van der Waals surface area (Å²) in [5, 5.41) is 9.34. The van der Waals surface area contributed by atoms with E-state index in [1.54, 1.807) is 18.2 Å². The second-order valence-electron chi connectivity index (χ2n) is 4.29. The molecule has 2 rings (SSSR count). The fourth-order valence-electron chi connectivity index (χ4n) is 1.88. The Balaban J connectivity index is 2.37. The molecule has 0 saturated heterocycles. The van der Waals surface area contributed by atoms with E-state index in [2.05, 4.69) is 0 Å². The summed E-state index contributed by atoms with van der Waals surface area (Å²) in [4.78, 5) is 23.3. The van der Waals surface area contributed by atoms with Crippen LogP contribution in [0.3, 0.4) is 0 Å². The predicted octanol–water partition coefficient (Wildman–Crippen LogP) is 3.67. The molecule has 0 fully saturated rings. The van der Waals surface area contributed by atoms with E-state index in [1.807, 2.05) is 6.92 Å². The molecule has 0 bridgehead atoms. The van der Waals surface area contributed by atoms with Crippen LogP contribution in [0.2, 0.25) is 5.02 Å². The molecule has 0 radical (unpaired) electrons. The highest BCUT2D eigenvalue weighted by molar-refractivity contribution is 6.31. The van der Waals surface area contributed by atoms with Crippen LogP contribution in [0.4, 0.5) is 0 Å². The summed E-state index contributed by atoms with van der Waals surface area (Å²) in [6.45, 7) is 2.23. The van der Waals surface area contributed by atoms with Gasteiger partial charge in [-0.1, -0.05) is 23.7 Å². The van der Waals surface area contributed by atoms with E-state index in [1.165, 1.54) is 24.3 Å². The van der Waals surface area contributed by atoms with Gasteiger partial charge in [0.1, 0.15) is 5.75 Å². The van der Waals surface area contributed by atoms with Gasteiger partial charge >= 0.3 is 5.97 Å². The van der Waals surface area contributed by atoms with Gasteiger partial charge in [-0.05, 0) is 37.3 Å². The number of carboxylic acid groups (broad SMARTS) is 1. The Kier molecular flexibility index (Phi) is 4.60. The van der Waals surface area contributed by atoms with Gasteiger partial charge in [-0.2, -0.15) is 0 Å². The van der Waals surface area contributed by atoms with E-state index in [0.29, 0.717) is 28.5 Å². The molecule has 2 aromatic carbocycles. The molecule has 21 heavy (non-hydrogen) atoms. The molecule has 4 nitrogen and oxygen atoms in total. The average Bonchev–Trinajstić information content (AvgIpc) is 2.47. The van der Waals surface area contributed by atoms with Gasteiger partial charge in [-0.3, -0.25) is 4.79 Å². The maximum absolute atomic E-state index is 12.5. The lowest BCUT2D eigenvalue weighted by molar-refractivity contribution is 0.0696. The van der Waals surface area contributed by atoms with E-state index >= 15 is 0 Å². The molecule has 0 heterocycles. The van der Waals surface area contributed by atoms with Gasteiger partial charge in [0.15, 0.2) is 5.78 Å². The first-order valence-electron chi connectivity index (χ1n) is 6.33. The van der Waals surface area contributed by atoms with Crippen LogP contribution in [0.1, 0.15) is 33.2 Å². The van der Waals surface area contributed by atoms with E-state index in [9.17, 15) is 9.59 Å². The highest BCUT2D eigenvalue weighted by Gasteiger charge is 2.15. The standard InChI is InChI=1S/C16H13ClO4/c1-2-21-14-9-12(17)7-8-13(14)15(18)10-3-5-11(6-4-10)16(19)20/h3-9H,2H2,1H3,(H,19,20). The van der Waals surface area contributed by atoms with Crippen molar-refractivity contribution in [2.45, 2.75) is 6.92 Å². The zero-order chi connectivity index (χ0) is 15.4. The van der Waals surface area contributed by atoms with Crippen molar-refractivity contribution in [1.82, 2.24) is 0 Å². The smallest absolute Gasteiger partial charge is 0.335 e. The number of aromatic carboxylic acids is 1. The van der Waals surface area contributed by atoms with Crippen LogP contribution in [0, 0.1) is 0 Å². The molecule has 5 heteroatoms. The molecular weight excluding hydrogens is 292 g/mol. The number of ketones is 1. The Hall–Kier alpha value is -2.33. The van der Waals surface area contributed by atoms with Gasteiger partial charge in [0.25, 0.3) is 0 Å². The van der Waals surface area contributed by atoms with Crippen LogP contribution < -0.4 is 4.74 Å². The molecule has 108 valence electrons. The van der Waals surface area contributed by atoms with Gasteiger partial charge in [-0.25, -0.2) is 4.79 Å². The highest BCUT2D eigenvalue weighted by Crippen LogP contribution is 2.26. The van der Waals surface area contributed by atoms with Gasteiger partial charge in [0.05, 0.1) is 17.7 Å². The topological polar surface area (TPSA) is 63.6 Å². The van der Waals surface area contributed by atoms with Crippen LogP contribution in [0.25, 0.3) is 0 Å². The quantitative estimate of drug-likeness (QED) is 0.856. The van der Waals surface area contributed by atoms with E-state index < -0.39 is 5.97 Å². The first kappa shape index (κ1) is 15.1. The van der Waals surface area contributed by atoms with E-state index in [0.717, 1.165) is 0 Å². The first-order chi connectivity index (χ1) is 10.0. The van der Waals surface area contributed by atoms with E-state index in [4.69, 9.17) is 21.4 Å². The van der Waals surface area contributed by atoms with Crippen molar-refractivity contribution in [2.24, 2.45) is 0 Å². The summed E-state index contributed by atoms with van der Waals surface area (Å²) in [7, 11) is 0. The van der Waals surface area contributed by atoms with Crippen LogP contribution in [-0.4, -0.2) is 23.5 Å². The number of halogens is 1. The number of carbonyl (C=O) groups excluding carboxylic acids is 1. The lowest BCUT2D eigenvalue weighted by atomic mass is 10.0. The first-order valence-corrected chi connectivity index (χ1v) is 6.71. The van der Waals surface area contributed by atoms with Crippen molar-refractivity contribution < 1.29 is 19.4 Å².